The van der Waals surface area contributed by atoms with E-state index in [-0.39, 0.29) is 6.61 Å². The first-order valence-corrected chi connectivity index (χ1v) is 4.17. The highest BCUT2D eigenvalue weighted by Gasteiger charge is 2.14. The van der Waals surface area contributed by atoms with Crippen LogP contribution < -0.4 is 5.73 Å². The number of nitrogens with two attached hydrogens (primary N) is 1. The number of H-pyrrole nitrogens is 1. The van der Waals surface area contributed by atoms with E-state index in [9.17, 15) is 4.79 Å². The number of imidazole rings is 1. The van der Waals surface area contributed by atoms with E-state index in [0.29, 0.717) is 10.5 Å². The molecule has 4 N–H and O–H groups in total. The first kappa shape index (κ1) is 9.94. The van der Waals surface area contributed by atoms with E-state index in [1.165, 1.54) is 4.57 Å². The lowest BCUT2D eigenvalue weighted by Crippen LogP contribution is -2.25. The maximum absolute atomic E-state index is 10.9. The maximum Gasteiger partial charge on any atom is 0.240 e. The summed E-state index contributed by atoms with van der Waals surface area (Å²) in [6.45, 7) is 1.45. The fourth-order valence-electron chi connectivity index (χ4n) is 1.09. The monoisotopic (exact) mass is 201 g/mol. The second-order valence-electron chi connectivity index (χ2n) is 2.69. The molecule has 1 amide bonds. The Morgan fingerprint density at radius 1 is 1.92 bits per heavy atom. The molecule has 0 aromatic carbocycles. The van der Waals surface area contributed by atoms with E-state index >= 15 is 0 Å². The van der Waals surface area contributed by atoms with Crippen molar-refractivity contribution in [3.63, 3.8) is 0 Å². The quantitative estimate of drug-likeness (QED) is 0.606. The SMILES string of the molecule is CC(C(N)=O)n1c(CO)c[nH]c1=S. The number of rotatable bonds is 3. The highest BCUT2D eigenvalue weighted by atomic mass is 32.1. The van der Waals surface area contributed by atoms with Crippen LogP contribution in [0.1, 0.15) is 18.7 Å². The number of aliphatic hydroxyl groups is 1. The topological polar surface area (TPSA) is 84.0 Å². The normalized spacial score (nSPS) is 12.8. The zero-order chi connectivity index (χ0) is 10.0. The van der Waals surface area contributed by atoms with Gasteiger partial charge in [-0.15, -0.1) is 0 Å². The minimum atomic E-state index is -0.541. The van der Waals surface area contributed by atoms with Crippen LogP contribution in [-0.4, -0.2) is 20.6 Å². The second kappa shape index (κ2) is 3.71. The van der Waals surface area contributed by atoms with Crippen LogP contribution in [0, 0.1) is 4.77 Å². The van der Waals surface area contributed by atoms with Gasteiger partial charge < -0.3 is 20.4 Å². The van der Waals surface area contributed by atoms with Crippen molar-refractivity contribution in [3.05, 3.63) is 16.7 Å². The van der Waals surface area contributed by atoms with Gasteiger partial charge in [0.25, 0.3) is 0 Å². The van der Waals surface area contributed by atoms with Gasteiger partial charge in [0.15, 0.2) is 4.77 Å². The lowest BCUT2D eigenvalue weighted by Gasteiger charge is -2.11. The molecule has 0 fully saturated rings. The van der Waals surface area contributed by atoms with Crippen LogP contribution in [0.5, 0.6) is 0 Å². The molecule has 5 nitrogen and oxygen atoms in total. The molecule has 0 radical (unpaired) electrons. The summed E-state index contributed by atoms with van der Waals surface area (Å²) in [4.78, 5) is 13.6. The van der Waals surface area contributed by atoms with Crippen LogP contribution in [-0.2, 0) is 11.4 Å². The predicted octanol–water partition coefficient (Wildman–Crippen LogP) is 0.0843. The largest absolute Gasteiger partial charge is 0.390 e. The third-order valence-electron chi connectivity index (χ3n) is 1.85. The molecule has 0 aliphatic rings. The number of nitrogens with zero attached hydrogens (tertiary/aromatic N) is 1. The molecular weight excluding hydrogens is 190 g/mol. The lowest BCUT2D eigenvalue weighted by atomic mass is 10.3. The van der Waals surface area contributed by atoms with E-state index in [2.05, 4.69) is 4.98 Å². The molecular formula is C7H11N3O2S. The molecule has 0 saturated carbocycles. The first-order chi connectivity index (χ1) is 6.07. The third kappa shape index (κ3) is 1.78. The van der Waals surface area contributed by atoms with Crippen LogP contribution in [0.3, 0.4) is 0 Å². The van der Waals surface area contributed by atoms with Gasteiger partial charge >= 0.3 is 0 Å². The zero-order valence-corrected chi connectivity index (χ0v) is 7.97. The molecule has 1 atom stereocenters. The van der Waals surface area contributed by atoms with Crippen molar-refractivity contribution in [3.8, 4) is 0 Å². The number of nitrogens with one attached hydrogen (secondary N) is 1. The Balaban J connectivity index is 3.18. The highest BCUT2D eigenvalue weighted by molar-refractivity contribution is 7.71. The van der Waals surface area contributed by atoms with E-state index in [1.807, 2.05) is 0 Å². The Hall–Kier alpha value is -1.14. The van der Waals surface area contributed by atoms with Crippen molar-refractivity contribution in [2.24, 2.45) is 5.73 Å². The molecule has 0 aliphatic carbocycles. The van der Waals surface area contributed by atoms with Gasteiger partial charge in [-0.1, -0.05) is 0 Å². The summed E-state index contributed by atoms with van der Waals surface area (Å²) < 4.78 is 1.88. The van der Waals surface area contributed by atoms with Crippen molar-refractivity contribution in [2.75, 3.05) is 0 Å². The molecule has 0 bridgehead atoms. The summed E-state index contributed by atoms with van der Waals surface area (Å²) in [6, 6.07) is -0.541. The van der Waals surface area contributed by atoms with E-state index in [0.717, 1.165) is 0 Å². The summed E-state index contributed by atoms with van der Waals surface area (Å²) >= 11 is 4.92. The van der Waals surface area contributed by atoms with Gasteiger partial charge in [-0.05, 0) is 19.1 Å². The van der Waals surface area contributed by atoms with E-state index < -0.39 is 11.9 Å². The molecule has 1 heterocycles. The molecule has 6 heteroatoms. The molecule has 0 saturated heterocycles. The second-order valence-corrected chi connectivity index (χ2v) is 3.08. The first-order valence-electron chi connectivity index (χ1n) is 3.77. The summed E-state index contributed by atoms with van der Waals surface area (Å²) in [5.41, 5.74) is 5.67. The number of primary amides is 1. The Bertz CT molecular complexity index is 368. The van der Waals surface area contributed by atoms with Crippen LogP contribution >= 0.6 is 12.2 Å². The average molecular weight is 201 g/mol. The van der Waals surface area contributed by atoms with Crippen molar-refractivity contribution in [1.82, 2.24) is 9.55 Å². The van der Waals surface area contributed by atoms with Gasteiger partial charge in [0.05, 0.1) is 12.3 Å². The Morgan fingerprint density at radius 2 is 2.54 bits per heavy atom. The number of hydrogen-bond donors (Lipinski definition) is 3. The summed E-state index contributed by atoms with van der Waals surface area (Å²) in [5, 5.41) is 8.92. The summed E-state index contributed by atoms with van der Waals surface area (Å²) in [5.74, 6) is -0.481. The number of aliphatic hydroxyl groups excluding tert-OH is 1. The number of carbonyl (C=O) groups excluding carboxylic acids is 1. The highest BCUT2D eigenvalue weighted by Crippen LogP contribution is 2.10. The van der Waals surface area contributed by atoms with E-state index in [4.69, 9.17) is 23.1 Å². The standard InChI is InChI=1S/C7H11N3O2S/c1-4(6(8)12)10-5(3-11)2-9-7(10)13/h2,4,11H,3H2,1H3,(H2,8,12)(H,9,13). The Labute approximate surface area is 80.2 Å². The smallest absolute Gasteiger partial charge is 0.240 e. The number of carbonyl (C=O) groups is 1. The predicted molar refractivity (Wildman–Crippen MR) is 49.4 cm³/mol. The molecule has 1 rings (SSSR count). The number of aromatic amines is 1. The fourth-order valence-corrected chi connectivity index (χ4v) is 1.42. The van der Waals surface area contributed by atoms with Crippen molar-refractivity contribution in [1.29, 1.82) is 0 Å². The number of amides is 1. The van der Waals surface area contributed by atoms with Crippen LogP contribution in [0.2, 0.25) is 0 Å². The Morgan fingerprint density at radius 3 is 3.00 bits per heavy atom. The summed E-state index contributed by atoms with van der Waals surface area (Å²) in [7, 11) is 0. The van der Waals surface area contributed by atoms with Crippen molar-refractivity contribution in [2.45, 2.75) is 19.6 Å². The van der Waals surface area contributed by atoms with Gasteiger partial charge in [0.1, 0.15) is 6.04 Å². The van der Waals surface area contributed by atoms with Crippen molar-refractivity contribution < 1.29 is 9.90 Å². The lowest BCUT2D eigenvalue weighted by molar-refractivity contribution is -0.120. The zero-order valence-electron chi connectivity index (χ0n) is 7.15. The molecule has 13 heavy (non-hydrogen) atoms. The molecule has 72 valence electrons. The van der Waals surface area contributed by atoms with Gasteiger partial charge in [-0.3, -0.25) is 4.79 Å². The van der Waals surface area contributed by atoms with Gasteiger partial charge in [-0.25, -0.2) is 0 Å². The number of hydrogen-bond acceptors (Lipinski definition) is 3. The third-order valence-corrected chi connectivity index (χ3v) is 2.17. The molecule has 1 aromatic heterocycles. The molecule has 0 spiro atoms. The van der Waals surface area contributed by atoms with Crippen LogP contribution in [0.4, 0.5) is 0 Å². The van der Waals surface area contributed by atoms with Gasteiger partial charge in [-0.2, -0.15) is 0 Å². The summed E-state index contributed by atoms with van der Waals surface area (Å²) in [6.07, 6.45) is 1.56. The van der Waals surface area contributed by atoms with Gasteiger partial charge in [0.2, 0.25) is 5.91 Å². The van der Waals surface area contributed by atoms with Gasteiger partial charge in [0, 0.05) is 6.20 Å². The fraction of sp³-hybridized carbons (Fsp3) is 0.429. The Kier molecular flexibility index (Phi) is 2.84. The van der Waals surface area contributed by atoms with Crippen LogP contribution in [0.25, 0.3) is 0 Å². The van der Waals surface area contributed by atoms with E-state index in [1.54, 1.807) is 13.1 Å². The molecule has 0 aliphatic heterocycles. The molecule has 1 unspecified atom stereocenters. The van der Waals surface area contributed by atoms with Crippen LogP contribution in [0.15, 0.2) is 6.20 Å². The minimum Gasteiger partial charge on any atom is -0.390 e. The molecule has 1 aromatic rings. The average Bonchev–Trinajstić information content (AvgIpc) is 2.45. The minimum absolute atomic E-state index is 0.176. The van der Waals surface area contributed by atoms with Crippen molar-refractivity contribution >= 4 is 18.1 Å². The number of aromatic nitrogens is 2. The maximum atomic E-state index is 10.9.